The molecule has 0 bridgehead atoms. The minimum absolute atomic E-state index is 0.143. The number of methoxy groups -OCH3 is 1. The third-order valence-electron chi connectivity index (χ3n) is 2.84. The Balaban J connectivity index is 2.42. The molecule has 0 aliphatic carbocycles. The van der Waals surface area contributed by atoms with Crippen molar-refractivity contribution in [2.24, 2.45) is 5.73 Å². The number of benzene rings is 1. The lowest BCUT2D eigenvalue weighted by molar-refractivity contribution is 0.193. The third-order valence-corrected chi connectivity index (χ3v) is 2.84. The minimum atomic E-state index is -0.607. The molecule has 1 atom stereocenters. The van der Waals surface area contributed by atoms with E-state index in [2.05, 4.69) is 16.0 Å². The number of nitrogens with two attached hydrogens (primary N) is 1. The van der Waals surface area contributed by atoms with E-state index in [1.54, 1.807) is 19.2 Å². The second-order valence-corrected chi connectivity index (χ2v) is 4.58. The van der Waals surface area contributed by atoms with Crippen LogP contribution in [-0.4, -0.2) is 32.3 Å². The Morgan fingerprint density at radius 3 is 2.52 bits per heavy atom. The molecule has 4 amide bonds. The van der Waals surface area contributed by atoms with Crippen molar-refractivity contribution in [1.82, 2.24) is 10.6 Å². The zero-order chi connectivity index (χ0) is 15.7. The Morgan fingerprint density at radius 2 is 1.95 bits per heavy atom. The highest BCUT2D eigenvalue weighted by Crippen LogP contribution is 2.15. The van der Waals surface area contributed by atoms with Crippen LogP contribution < -0.4 is 21.7 Å². The molecule has 5 N–H and O–H groups in total. The van der Waals surface area contributed by atoms with Crippen molar-refractivity contribution >= 4 is 17.7 Å². The first kappa shape index (κ1) is 16.8. The maximum absolute atomic E-state index is 11.7. The first-order chi connectivity index (χ1) is 10.0. The SMILES string of the molecule is COCCCNC(=O)NC(C)c1ccc(NC(N)=O)cc1. The predicted molar refractivity (Wildman–Crippen MR) is 81.1 cm³/mol. The van der Waals surface area contributed by atoms with E-state index >= 15 is 0 Å². The van der Waals surface area contributed by atoms with Crippen LogP contribution in [0.25, 0.3) is 0 Å². The summed E-state index contributed by atoms with van der Waals surface area (Å²) in [4.78, 5) is 22.4. The number of urea groups is 2. The molecule has 0 fully saturated rings. The van der Waals surface area contributed by atoms with E-state index < -0.39 is 6.03 Å². The van der Waals surface area contributed by atoms with Gasteiger partial charge < -0.3 is 26.4 Å². The summed E-state index contributed by atoms with van der Waals surface area (Å²) in [5, 5.41) is 8.06. The summed E-state index contributed by atoms with van der Waals surface area (Å²) in [5.41, 5.74) is 6.57. The molecular formula is C14H22N4O3. The smallest absolute Gasteiger partial charge is 0.316 e. The van der Waals surface area contributed by atoms with E-state index in [9.17, 15) is 9.59 Å². The van der Waals surface area contributed by atoms with E-state index in [4.69, 9.17) is 10.5 Å². The van der Waals surface area contributed by atoms with E-state index in [0.717, 1.165) is 12.0 Å². The second-order valence-electron chi connectivity index (χ2n) is 4.58. The van der Waals surface area contributed by atoms with Gasteiger partial charge >= 0.3 is 12.1 Å². The summed E-state index contributed by atoms with van der Waals surface area (Å²) in [6, 6.07) is 6.13. The first-order valence-electron chi connectivity index (χ1n) is 6.72. The van der Waals surface area contributed by atoms with Crippen LogP contribution in [0.1, 0.15) is 24.9 Å². The fourth-order valence-corrected chi connectivity index (χ4v) is 1.75. The maximum Gasteiger partial charge on any atom is 0.316 e. The van der Waals surface area contributed by atoms with Gasteiger partial charge in [0.05, 0.1) is 6.04 Å². The van der Waals surface area contributed by atoms with Gasteiger partial charge in [-0.25, -0.2) is 9.59 Å². The zero-order valence-corrected chi connectivity index (χ0v) is 12.3. The fourth-order valence-electron chi connectivity index (χ4n) is 1.75. The van der Waals surface area contributed by atoms with Crippen molar-refractivity contribution in [1.29, 1.82) is 0 Å². The van der Waals surface area contributed by atoms with Gasteiger partial charge in [0.2, 0.25) is 0 Å². The average Bonchev–Trinajstić information content (AvgIpc) is 2.43. The van der Waals surface area contributed by atoms with Gasteiger partial charge in [-0.15, -0.1) is 0 Å². The van der Waals surface area contributed by atoms with Crippen LogP contribution in [0.2, 0.25) is 0 Å². The van der Waals surface area contributed by atoms with E-state index in [0.29, 0.717) is 18.8 Å². The molecule has 1 aromatic rings. The number of amides is 4. The molecule has 1 rings (SSSR count). The van der Waals surface area contributed by atoms with Crippen molar-refractivity contribution in [3.63, 3.8) is 0 Å². The molecule has 7 heteroatoms. The molecule has 0 aliphatic heterocycles. The molecule has 21 heavy (non-hydrogen) atoms. The lowest BCUT2D eigenvalue weighted by atomic mass is 10.1. The number of anilines is 1. The number of ether oxygens (including phenoxy) is 1. The van der Waals surface area contributed by atoms with Crippen LogP contribution in [-0.2, 0) is 4.74 Å². The molecule has 116 valence electrons. The van der Waals surface area contributed by atoms with Gasteiger partial charge in [-0.3, -0.25) is 0 Å². The Labute approximate surface area is 124 Å². The maximum atomic E-state index is 11.7. The molecule has 0 radical (unpaired) electrons. The molecule has 0 aromatic heterocycles. The number of primary amides is 1. The highest BCUT2D eigenvalue weighted by atomic mass is 16.5. The number of carbonyl (C=O) groups is 2. The van der Waals surface area contributed by atoms with Crippen molar-refractivity contribution in [2.45, 2.75) is 19.4 Å². The number of carbonyl (C=O) groups excluding carboxylic acids is 2. The zero-order valence-electron chi connectivity index (χ0n) is 12.3. The lowest BCUT2D eigenvalue weighted by Crippen LogP contribution is -2.37. The van der Waals surface area contributed by atoms with Crippen molar-refractivity contribution < 1.29 is 14.3 Å². The molecule has 0 saturated heterocycles. The minimum Gasteiger partial charge on any atom is -0.385 e. The van der Waals surface area contributed by atoms with Gasteiger partial charge in [-0.2, -0.15) is 0 Å². The molecule has 0 spiro atoms. The fraction of sp³-hybridized carbons (Fsp3) is 0.429. The van der Waals surface area contributed by atoms with Crippen LogP contribution in [0.4, 0.5) is 15.3 Å². The highest BCUT2D eigenvalue weighted by Gasteiger charge is 2.09. The van der Waals surface area contributed by atoms with Crippen LogP contribution in [0, 0.1) is 0 Å². The Bertz CT molecular complexity index is 462. The molecule has 0 saturated carbocycles. The van der Waals surface area contributed by atoms with Crippen molar-refractivity contribution in [3.8, 4) is 0 Å². The summed E-state index contributed by atoms with van der Waals surface area (Å²) >= 11 is 0. The number of rotatable bonds is 7. The number of nitrogens with one attached hydrogen (secondary N) is 3. The summed E-state index contributed by atoms with van der Waals surface area (Å²) < 4.78 is 4.90. The molecule has 7 nitrogen and oxygen atoms in total. The quantitative estimate of drug-likeness (QED) is 0.574. The summed E-state index contributed by atoms with van der Waals surface area (Å²) in [6.45, 7) is 3.06. The van der Waals surface area contributed by atoms with Gasteiger partial charge in [0.25, 0.3) is 0 Å². The standard InChI is InChI=1S/C14H22N4O3/c1-10(17-14(20)16-8-3-9-21-2)11-4-6-12(7-5-11)18-13(15)19/h4-7,10H,3,8-9H2,1-2H3,(H3,15,18,19)(H2,16,17,20). The Kier molecular flexibility index (Phi) is 7.03. The van der Waals surface area contributed by atoms with Gasteiger partial charge in [0, 0.05) is 25.9 Å². The molecule has 0 heterocycles. The van der Waals surface area contributed by atoms with Crippen LogP contribution in [0.15, 0.2) is 24.3 Å². The van der Waals surface area contributed by atoms with E-state index in [-0.39, 0.29) is 12.1 Å². The number of hydrogen-bond donors (Lipinski definition) is 4. The van der Waals surface area contributed by atoms with E-state index in [1.165, 1.54) is 0 Å². The second kappa shape index (κ2) is 8.80. The van der Waals surface area contributed by atoms with Crippen molar-refractivity contribution in [2.75, 3.05) is 25.6 Å². The third kappa shape index (κ3) is 6.62. The van der Waals surface area contributed by atoms with E-state index in [1.807, 2.05) is 19.1 Å². The topological polar surface area (TPSA) is 105 Å². The molecule has 1 unspecified atom stereocenters. The molecule has 1 aromatic carbocycles. The monoisotopic (exact) mass is 294 g/mol. The largest absolute Gasteiger partial charge is 0.385 e. The normalized spacial score (nSPS) is 11.5. The Hall–Kier alpha value is -2.28. The highest BCUT2D eigenvalue weighted by molar-refractivity contribution is 5.87. The van der Waals surface area contributed by atoms with Gasteiger partial charge in [-0.05, 0) is 31.0 Å². The summed E-state index contributed by atoms with van der Waals surface area (Å²) in [7, 11) is 1.62. The molecule has 0 aliphatic rings. The van der Waals surface area contributed by atoms with Crippen LogP contribution in [0.3, 0.4) is 0 Å². The summed E-state index contributed by atoms with van der Waals surface area (Å²) in [6.07, 6.45) is 0.770. The van der Waals surface area contributed by atoms with Crippen molar-refractivity contribution in [3.05, 3.63) is 29.8 Å². The van der Waals surface area contributed by atoms with Gasteiger partial charge in [0.15, 0.2) is 0 Å². The summed E-state index contributed by atoms with van der Waals surface area (Å²) in [5.74, 6) is 0. The average molecular weight is 294 g/mol. The lowest BCUT2D eigenvalue weighted by Gasteiger charge is -2.15. The number of hydrogen-bond acceptors (Lipinski definition) is 3. The predicted octanol–water partition coefficient (Wildman–Crippen LogP) is 1.57. The Morgan fingerprint density at radius 1 is 1.29 bits per heavy atom. The van der Waals surface area contributed by atoms with Gasteiger partial charge in [-0.1, -0.05) is 12.1 Å². The van der Waals surface area contributed by atoms with Crippen LogP contribution in [0.5, 0.6) is 0 Å². The van der Waals surface area contributed by atoms with Gasteiger partial charge in [0.1, 0.15) is 0 Å². The first-order valence-corrected chi connectivity index (χ1v) is 6.72. The molecular weight excluding hydrogens is 272 g/mol. The van der Waals surface area contributed by atoms with Crippen LogP contribution >= 0.6 is 0 Å².